The van der Waals surface area contributed by atoms with E-state index in [2.05, 4.69) is 16.8 Å². The van der Waals surface area contributed by atoms with Crippen LogP contribution >= 0.6 is 0 Å². The molecule has 0 spiro atoms. The second-order valence-corrected chi connectivity index (χ2v) is 10.3. The van der Waals surface area contributed by atoms with Crippen LogP contribution in [0.2, 0.25) is 0 Å². The Hall–Kier alpha value is -3.35. The summed E-state index contributed by atoms with van der Waals surface area (Å²) in [6.07, 6.45) is 2.43. The molecule has 4 rings (SSSR count). The van der Waals surface area contributed by atoms with E-state index in [9.17, 15) is 18.3 Å². The fourth-order valence-corrected chi connectivity index (χ4v) is 5.15. The summed E-state index contributed by atoms with van der Waals surface area (Å²) in [6.45, 7) is 1.44. The van der Waals surface area contributed by atoms with Crippen molar-refractivity contribution in [1.29, 1.82) is 0 Å². The first-order valence-electron chi connectivity index (χ1n) is 12.9. The number of methoxy groups -OCH3 is 1. The molecule has 0 radical (unpaired) electrons. The Kier molecular flexibility index (Phi) is 8.98. The summed E-state index contributed by atoms with van der Waals surface area (Å²) in [6, 6.07) is 6.63. The van der Waals surface area contributed by atoms with Gasteiger partial charge in [-0.3, -0.25) is 9.88 Å². The standard InChI is InChI=1S/C30H33F4N3O2/c1-36(2)28-18-35-27-7-6-21(39-3)17-23(27)29(28)24(32)8-9-30(19-38)10-13-37(14-11-30)12-4-5-22-25(33)15-20(31)16-26(22)34/h6-7,15-18,24,38H,8-14,19H2,1-3H3/t24-/m1/s1. The van der Waals surface area contributed by atoms with Gasteiger partial charge in [0.15, 0.2) is 0 Å². The smallest absolute Gasteiger partial charge is 0.144 e. The second kappa shape index (κ2) is 12.2. The van der Waals surface area contributed by atoms with Gasteiger partial charge in [-0.1, -0.05) is 11.8 Å². The first-order chi connectivity index (χ1) is 18.7. The van der Waals surface area contributed by atoms with Crippen LogP contribution in [0, 0.1) is 34.7 Å². The van der Waals surface area contributed by atoms with E-state index in [1.807, 2.05) is 36.0 Å². The lowest BCUT2D eigenvalue weighted by atomic mass is 9.74. The number of piperidine rings is 1. The Morgan fingerprint density at radius 3 is 2.44 bits per heavy atom. The zero-order valence-corrected chi connectivity index (χ0v) is 22.4. The molecule has 2 heterocycles. The van der Waals surface area contributed by atoms with Gasteiger partial charge in [0.1, 0.15) is 29.4 Å². The number of hydrogen-bond acceptors (Lipinski definition) is 5. The molecule has 1 N–H and O–H groups in total. The Bertz CT molecular complexity index is 1350. The molecule has 1 aliphatic heterocycles. The van der Waals surface area contributed by atoms with Gasteiger partial charge < -0.3 is 14.7 Å². The van der Waals surface area contributed by atoms with Crippen molar-refractivity contribution in [3.63, 3.8) is 0 Å². The molecule has 1 atom stereocenters. The number of benzene rings is 2. The highest BCUT2D eigenvalue weighted by Crippen LogP contribution is 2.42. The highest BCUT2D eigenvalue weighted by atomic mass is 19.1. The Balaban J connectivity index is 1.43. The minimum absolute atomic E-state index is 0.0588. The maximum absolute atomic E-state index is 16.0. The number of hydrogen-bond donors (Lipinski definition) is 1. The summed E-state index contributed by atoms with van der Waals surface area (Å²) in [4.78, 5) is 8.36. The van der Waals surface area contributed by atoms with Crippen LogP contribution in [0.25, 0.3) is 10.9 Å². The minimum atomic E-state index is -1.27. The SMILES string of the molecule is COc1ccc2ncc(N(C)C)c([C@H](F)CCC3(CO)CCN(CC#Cc4c(F)cc(F)cc4F)CC3)c2c1. The summed E-state index contributed by atoms with van der Waals surface area (Å²) in [7, 11) is 5.27. The molecule has 5 nitrogen and oxygen atoms in total. The molecular formula is C30H33F4N3O2. The molecule has 1 saturated heterocycles. The maximum atomic E-state index is 16.0. The average molecular weight is 544 g/mol. The van der Waals surface area contributed by atoms with Crippen LogP contribution in [-0.4, -0.2) is 62.4 Å². The molecule has 208 valence electrons. The molecule has 39 heavy (non-hydrogen) atoms. The Morgan fingerprint density at radius 2 is 1.82 bits per heavy atom. The number of alkyl halides is 1. The van der Waals surface area contributed by atoms with E-state index in [1.165, 1.54) is 0 Å². The number of fused-ring (bicyclic) bond motifs is 1. The van der Waals surface area contributed by atoms with Crippen LogP contribution < -0.4 is 9.64 Å². The number of anilines is 1. The lowest BCUT2D eigenvalue weighted by Gasteiger charge is -2.40. The van der Waals surface area contributed by atoms with E-state index in [4.69, 9.17) is 4.74 Å². The van der Waals surface area contributed by atoms with Gasteiger partial charge in [0, 0.05) is 43.8 Å². The Morgan fingerprint density at radius 1 is 1.13 bits per heavy atom. The third-order valence-corrected chi connectivity index (χ3v) is 7.59. The van der Waals surface area contributed by atoms with Gasteiger partial charge in [-0.25, -0.2) is 17.6 Å². The summed E-state index contributed by atoms with van der Waals surface area (Å²) in [5.74, 6) is 2.80. The van der Waals surface area contributed by atoms with Crippen LogP contribution in [0.5, 0.6) is 5.75 Å². The topological polar surface area (TPSA) is 48.8 Å². The Labute approximate surface area is 226 Å². The highest BCUT2D eigenvalue weighted by Gasteiger charge is 2.35. The molecule has 0 saturated carbocycles. The quantitative estimate of drug-likeness (QED) is 0.294. The summed E-state index contributed by atoms with van der Waals surface area (Å²) in [5.41, 5.74) is 1.06. The second-order valence-electron chi connectivity index (χ2n) is 10.3. The van der Waals surface area contributed by atoms with Crippen molar-refractivity contribution in [3.8, 4) is 17.6 Å². The van der Waals surface area contributed by atoms with E-state index < -0.39 is 34.6 Å². The van der Waals surface area contributed by atoms with Crippen LogP contribution in [0.4, 0.5) is 23.2 Å². The number of likely N-dealkylation sites (tertiary alicyclic amines) is 1. The van der Waals surface area contributed by atoms with Gasteiger partial charge in [-0.2, -0.15) is 0 Å². The molecule has 0 aliphatic carbocycles. The first kappa shape index (κ1) is 28.7. The van der Waals surface area contributed by atoms with Gasteiger partial charge >= 0.3 is 0 Å². The molecular weight excluding hydrogens is 510 g/mol. The zero-order chi connectivity index (χ0) is 28.2. The zero-order valence-electron chi connectivity index (χ0n) is 22.4. The lowest BCUT2D eigenvalue weighted by Crippen LogP contribution is -2.42. The van der Waals surface area contributed by atoms with Gasteiger partial charge in [0.2, 0.25) is 0 Å². The largest absolute Gasteiger partial charge is 0.497 e. The van der Waals surface area contributed by atoms with Crippen molar-refractivity contribution in [2.24, 2.45) is 5.41 Å². The lowest BCUT2D eigenvalue weighted by molar-refractivity contribution is 0.0345. The molecule has 2 aromatic carbocycles. The van der Waals surface area contributed by atoms with Crippen LogP contribution in [0.15, 0.2) is 36.5 Å². The molecule has 0 bridgehead atoms. The molecule has 0 unspecified atom stereocenters. The minimum Gasteiger partial charge on any atom is -0.497 e. The van der Waals surface area contributed by atoms with Gasteiger partial charge in [0.25, 0.3) is 0 Å². The molecule has 1 fully saturated rings. The molecule has 3 aromatic rings. The number of ether oxygens (including phenoxy) is 1. The van der Waals surface area contributed by atoms with Crippen molar-refractivity contribution in [2.75, 3.05) is 52.3 Å². The highest BCUT2D eigenvalue weighted by molar-refractivity contribution is 5.88. The van der Waals surface area contributed by atoms with E-state index >= 15 is 4.39 Å². The predicted molar refractivity (Wildman–Crippen MR) is 144 cm³/mol. The molecule has 9 heteroatoms. The molecule has 0 amide bonds. The van der Waals surface area contributed by atoms with Crippen molar-refractivity contribution in [1.82, 2.24) is 9.88 Å². The first-order valence-corrected chi connectivity index (χ1v) is 12.9. The van der Waals surface area contributed by atoms with E-state index in [1.54, 1.807) is 19.4 Å². The third kappa shape index (κ3) is 6.45. The number of rotatable bonds is 8. The van der Waals surface area contributed by atoms with Crippen molar-refractivity contribution in [3.05, 3.63) is 65.1 Å². The van der Waals surface area contributed by atoms with Crippen molar-refractivity contribution in [2.45, 2.75) is 31.9 Å². The van der Waals surface area contributed by atoms with Crippen LogP contribution in [0.3, 0.4) is 0 Å². The van der Waals surface area contributed by atoms with E-state index in [0.29, 0.717) is 72.4 Å². The van der Waals surface area contributed by atoms with Gasteiger partial charge in [-0.05, 0) is 62.4 Å². The maximum Gasteiger partial charge on any atom is 0.144 e. The van der Waals surface area contributed by atoms with Gasteiger partial charge in [0.05, 0.1) is 36.6 Å². The number of aliphatic hydroxyl groups excluding tert-OH is 1. The predicted octanol–water partition coefficient (Wildman–Crippen LogP) is 5.64. The normalized spacial score (nSPS) is 16.0. The number of pyridine rings is 1. The van der Waals surface area contributed by atoms with Crippen molar-refractivity contribution < 1.29 is 27.4 Å². The summed E-state index contributed by atoms with van der Waals surface area (Å²) < 4.78 is 62.1. The fourth-order valence-electron chi connectivity index (χ4n) is 5.15. The van der Waals surface area contributed by atoms with Gasteiger partial charge in [-0.15, -0.1) is 0 Å². The van der Waals surface area contributed by atoms with E-state index in [0.717, 1.165) is 0 Å². The number of aromatic nitrogens is 1. The van der Waals surface area contributed by atoms with Crippen LogP contribution in [-0.2, 0) is 0 Å². The number of aliphatic hydroxyl groups is 1. The number of nitrogens with zero attached hydrogens (tertiary/aromatic N) is 3. The molecule has 1 aliphatic rings. The molecule has 1 aromatic heterocycles. The van der Waals surface area contributed by atoms with Crippen molar-refractivity contribution >= 4 is 16.6 Å². The summed E-state index contributed by atoms with van der Waals surface area (Å²) in [5, 5.41) is 11.0. The van der Waals surface area contributed by atoms with Crippen LogP contribution in [0.1, 0.15) is 43.0 Å². The summed E-state index contributed by atoms with van der Waals surface area (Å²) >= 11 is 0. The average Bonchev–Trinajstić information content (AvgIpc) is 2.92. The van der Waals surface area contributed by atoms with E-state index in [-0.39, 0.29) is 19.6 Å². The monoisotopic (exact) mass is 543 g/mol. The fraction of sp³-hybridized carbons (Fsp3) is 0.433. The third-order valence-electron chi connectivity index (χ3n) is 7.59. The number of halogens is 4.